The fourth-order valence-electron chi connectivity index (χ4n) is 1.99. The van der Waals surface area contributed by atoms with Crippen molar-refractivity contribution in [2.75, 3.05) is 26.4 Å². The van der Waals surface area contributed by atoms with Crippen molar-refractivity contribution in [3.05, 3.63) is 25.3 Å². The third-order valence-corrected chi connectivity index (χ3v) is 3.01. The largest absolute Gasteiger partial charge is 0.379 e. The quantitative estimate of drug-likeness (QED) is 0.443. The van der Waals surface area contributed by atoms with Gasteiger partial charge in [-0.1, -0.05) is 12.2 Å². The Kier molecular flexibility index (Phi) is 8.82. The molecular weight excluding hydrogens is 228 g/mol. The molecule has 0 aromatic rings. The van der Waals surface area contributed by atoms with E-state index in [4.69, 9.17) is 14.2 Å². The first-order valence-electron chi connectivity index (χ1n) is 6.91. The lowest BCUT2D eigenvalue weighted by atomic mass is 10.1. The van der Waals surface area contributed by atoms with Crippen LogP contribution in [0.15, 0.2) is 25.3 Å². The first kappa shape index (κ1) is 15.4. The topological polar surface area (TPSA) is 27.7 Å². The van der Waals surface area contributed by atoms with Crippen LogP contribution >= 0.6 is 0 Å². The zero-order chi connectivity index (χ0) is 13.1. The predicted molar refractivity (Wildman–Crippen MR) is 73.8 cm³/mol. The van der Waals surface area contributed by atoms with Gasteiger partial charge in [-0.25, -0.2) is 0 Å². The molecule has 3 nitrogen and oxygen atoms in total. The molecule has 1 aliphatic rings. The number of unbranched alkanes of at least 4 members (excludes halogenated alkanes) is 1. The molecule has 1 rings (SSSR count). The van der Waals surface area contributed by atoms with Gasteiger partial charge in [-0.05, 0) is 32.1 Å². The van der Waals surface area contributed by atoms with Crippen LogP contribution in [-0.2, 0) is 14.2 Å². The van der Waals surface area contributed by atoms with Crippen molar-refractivity contribution in [1.29, 1.82) is 0 Å². The van der Waals surface area contributed by atoms with Gasteiger partial charge in [-0.3, -0.25) is 0 Å². The van der Waals surface area contributed by atoms with Gasteiger partial charge in [0.1, 0.15) is 6.10 Å². The Morgan fingerprint density at radius 3 is 2.78 bits per heavy atom. The van der Waals surface area contributed by atoms with Crippen LogP contribution in [0, 0.1) is 0 Å². The second-order valence-corrected chi connectivity index (χ2v) is 4.54. The Morgan fingerprint density at radius 2 is 2.00 bits per heavy atom. The molecular formula is C15H26O3. The summed E-state index contributed by atoms with van der Waals surface area (Å²) in [6.07, 6.45) is 9.13. The van der Waals surface area contributed by atoms with Crippen LogP contribution in [0.5, 0.6) is 0 Å². The number of hydrogen-bond donors (Lipinski definition) is 0. The van der Waals surface area contributed by atoms with E-state index in [1.54, 1.807) is 0 Å². The molecule has 1 fully saturated rings. The Labute approximate surface area is 111 Å². The first-order valence-corrected chi connectivity index (χ1v) is 6.91. The molecule has 0 N–H and O–H groups in total. The Balaban J connectivity index is 2.17. The summed E-state index contributed by atoms with van der Waals surface area (Å²) in [5, 5.41) is 0. The van der Waals surface area contributed by atoms with Crippen molar-refractivity contribution < 1.29 is 14.2 Å². The van der Waals surface area contributed by atoms with E-state index in [0.717, 1.165) is 51.9 Å². The highest BCUT2D eigenvalue weighted by atomic mass is 16.6. The molecule has 1 saturated heterocycles. The number of hydrogen-bond acceptors (Lipinski definition) is 3. The Morgan fingerprint density at radius 1 is 1.17 bits per heavy atom. The van der Waals surface area contributed by atoms with E-state index in [0.29, 0.717) is 6.61 Å². The minimum Gasteiger partial charge on any atom is -0.379 e. The standard InChI is InChI=1S/C15H26O3/c1-3-5-7-10-16-13-15-14(9-8-12-18-15)17-11-6-4-2/h3-4,14-15H,1-2,5-13H2/t14-,15+/m0/s1. The van der Waals surface area contributed by atoms with Crippen LogP contribution in [-0.4, -0.2) is 38.6 Å². The highest BCUT2D eigenvalue weighted by Crippen LogP contribution is 2.18. The lowest BCUT2D eigenvalue weighted by Gasteiger charge is -2.31. The molecule has 0 aliphatic carbocycles. The summed E-state index contributed by atoms with van der Waals surface area (Å²) < 4.78 is 17.2. The second-order valence-electron chi connectivity index (χ2n) is 4.54. The van der Waals surface area contributed by atoms with Gasteiger partial charge in [0, 0.05) is 13.2 Å². The van der Waals surface area contributed by atoms with Gasteiger partial charge in [-0.15, -0.1) is 13.2 Å². The average Bonchev–Trinajstić information content (AvgIpc) is 2.40. The van der Waals surface area contributed by atoms with Crippen LogP contribution < -0.4 is 0 Å². The Bertz CT molecular complexity index is 228. The zero-order valence-electron chi connectivity index (χ0n) is 11.3. The fraction of sp³-hybridized carbons (Fsp3) is 0.733. The summed E-state index contributed by atoms with van der Waals surface area (Å²) in [4.78, 5) is 0. The van der Waals surface area contributed by atoms with Gasteiger partial charge >= 0.3 is 0 Å². The van der Waals surface area contributed by atoms with Crippen LogP contribution in [0.25, 0.3) is 0 Å². The minimum atomic E-state index is 0.0901. The molecule has 0 spiro atoms. The molecule has 18 heavy (non-hydrogen) atoms. The van der Waals surface area contributed by atoms with Gasteiger partial charge in [0.05, 0.1) is 19.3 Å². The smallest absolute Gasteiger partial charge is 0.107 e. The van der Waals surface area contributed by atoms with Crippen LogP contribution in [0.2, 0.25) is 0 Å². The lowest BCUT2D eigenvalue weighted by molar-refractivity contribution is -0.130. The second kappa shape index (κ2) is 10.3. The van der Waals surface area contributed by atoms with E-state index in [1.165, 1.54) is 0 Å². The normalized spacial score (nSPS) is 23.8. The number of rotatable bonds is 10. The first-order chi connectivity index (χ1) is 8.88. The molecule has 0 aromatic carbocycles. The summed E-state index contributed by atoms with van der Waals surface area (Å²) in [5.41, 5.74) is 0. The van der Waals surface area contributed by atoms with E-state index in [9.17, 15) is 0 Å². The van der Waals surface area contributed by atoms with E-state index >= 15 is 0 Å². The van der Waals surface area contributed by atoms with Gasteiger partial charge < -0.3 is 14.2 Å². The molecule has 0 bridgehead atoms. The molecule has 0 unspecified atom stereocenters. The zero-order valence-corrected chi connectivity index (χ0v) is 11.3. The third-order valence-electron chi connectivity index (χ3n) is 3.01. The van der Waals surface area contributed by atoms with Gasteiger partial charge in [-0.2, -0.15) is 0 Å². The van der Waals surface area contributed by atoms with Crippen molar-refractivity contribution >= 4 is 0 Å². The third kappa shape index (κ3) is 6.34. The number of ether oxygens (including phenoxy) is 3. The van der Waals surface area contributed by atoms with Gasteiger partial charge in [0.25, 0.3) is 0 Å². The van der Waals surface area contributed by atoms with E-state index in [1.807, 2.05) is 12.2 Å². The van der Waals surface area contributed by atoms with Crippen molar-refractivity contribution in [2.45, 2.75) is 44.3 Å². The molecule has 3 heteroatoms. The minimum absolute atomic E-state index is 0.0901. The summed E-state index contributed by atoms with van der Waals surface area (Å²) in [7, 11) is 0. The summed E-state index contributed by atoms with van der Waals surface area (Å²) in [5.74, 6) is 0. The van der Waals surface area contributed by atoms with Crippen LogP contribution in [0.4, 0.5) is 0 Å². The maximum Gasteiger partial charge on any atom is 0.107 e. The lowest BCUT2D eigenvalue weighted by Crippen LogP contribution is -2.39. The number of allylic oxidation sites excluding steroid dienone is 1. The summed E-state index contributed by atoms with van der Waals surface area (Å²) in [6, 6.07) is 0. The average molecular weight is 254 g/mol. The van der Waals surface area contributed by atoms with Gasteiger partial charge in [0.2, 0.25) is 0 Å². The van der Waals surface area contributed by atoms with Crippen LogP contribution in [0.3, 0.4) is 0 Å². The van der Waals surface area contributed by atoms with Crippen molar-refractivity contribution in [3.8, 4) is 0 Å². The fourth-order valence-corrected chi connectivity index (χ4v) is 1.99. The van der Waals surface area contributed by atoms with E-state index in [2.05, 4.69) is 13.2 Å². The predicted octanol–water partition coefficient (Wildman–Crippen LogP) is 3.11. The molecule has 0 aromatic heterocycles. The SMILES string of the molecule is C=CCCCOC[C@H]1OCCC[C@@H]1OCCC=C. The maximum atomic E-state index is 5.82. The van der Waals surface area contributed by atoms with E-state index < -0.39 is 0 Å². The van der Waals surface area contributed by atoms with Crippen molar-refractivity contribution in [1.82, 2.24) is 0 Å². The van der Waals surface area contributed by atoms with Crippen molar-refractivity contribution in [2.24, 2.45) is 0 Å². The van der Waals surface area contributed by atoms with Crippen LogP contribution in [0.1, 0.15) is 32.1 Å². The highest BCUT2D eigenvalue weighted by molar-refractivity contribution is 4.76. The molecule has 0 radical (unpaired) electrons. The molecule has 0 amide bonds. The molecule has 1 aliphatic heterocycles. The molecule has 1 heterocycles. The van der Waals surface area contributed by atoms with Gasteiger partial charge in [0.15, 0.2) is 0 Å². The highest BCUT2D eigenvalue weighted by Gasteiger charge is 2.26. The molecule has 0 saturated carbocycles. The van der Waals surface area contributed by atoms with Crippen molar-refractivity contribution in [3.63, 3.8) is 0 Å². The maximum absolute atomic E-state index is 5.82. The molecule has 2 atom stereocenters. The molecule has 104 valence electrons. The monoisotopic (exact) mass is 254 g/mol. The van der Waals surface area contributed by atoms with E-state index in [-0.39, 0.29) is 12.2 Å². The Hall–Kier alpha value is -0.640. The summed E-state index contributed by atoms with van der Waals surface area (Å²) >= 11 is 0. The summed E-state index contributed by atoms with van der Waals surface area (Å²) in [6.45, 7) is 10.3.